The Morgan fingerprint density at radius 2 is 1.89 bits per heavy atom. The van der Waals surface area contributed by atoms with Gasteiger partial charge in [-0.25, -0.2) is 4.98 Å². The minimum Gasteiger partial charge on any atom is -0.497 e. The van der Waals surface area contributed by atoms with Crippen molar-refractivity contribution in [1.29, 1.82) is 0 Å². The molecule has 0 radical (unpaired) electrons. The summed E-state index contributed by atoms with van der Waals surface area (Å²) in [7, 11) is 1.63. The molecule has 1 aromatic heterocycles. The molecule has 4 aromatic rings. The Morgan fingerprint density at radius 1 is 1.00 bits per heavy atom. The molecule has 4 rings (SSSR count). The molecule has 0 spiro atoms. The van der Waals surface area contributed by atoms with E-state index >= 15 is 0 Å². The fourth-order valence-corrected chi connectivity index (χ4v) is 2.92. The van der Waals surface area contributed by atoms with Gasteiger partial charge in [0.25, 0.3) is 0 Å². The second-order valence-corrected chi connectivity index (χ2v) is 6.65. The minimum atomic E-state index is 0.496. The van der Waals surface area contributed by atoms with Crippen LogP contribution in [0.15, 0.2) is 70.1 Å². The van der Waals surface area contributed by atoms with Crippen molar-refractivity contribution in [3.63, 3.8) is 0 Å². The fourth-order valence-electron chi connectivity index (χ4n) is 2.62. The molecule has 0 fully saturated rings. The molecule has 134 valence electrons. The molecule has 6 heteroatoms. The smallest absolute Gasteiger partial charge is 0.227 e. The second kappa shape index (κ2) is 7.43. The third-order valence-corrected chi connectivity index (χ3v) is 4.73. The summed E-state index contributed by atoms with van der Waals surface area (Å²) in [5.74, 6) is 1.29. The first-order valence-electron chi connectivity index (χ1n) is 8.16. The molecule has 0 N–H and O–H groups in total. The first kappa shape index (κ1) is 17.6. The molecule has 0 amide bonds. The number of nitrogens with zero attached hydrogens (tertiary/aromatic N) is 2. The molecule has 4 nitrogen and oxygen atoms in total. The molecule has 27 heavy (non-hydrogen) atoms. The Morgan fingerprint density at radius 3 is 2.70 bits per heavy atom. The second-order valence-electron chi connectivity index (χ2n) is 5.83. The third-order valence-electron chi connectivity index (χ3n) is 3.99. The zero-order valence-electron chi connectivity index (χ0n) is 14.3. The van der Waals surface area contributed by atoms with Crippen molar-refractivity contribution in [2.45, 2.75) is 0 Å². The van der Waals surface area contributed by atoms with E-state index in [1.54, 1.807) is 25.5 Å². The Kier molecular flexibility index (Phi) is 4.84. The summed E-state index contributed by atoms with van der Waals surface area (Å²) in [5, 5.41) is 1.01. The van der Waals surface area contributed by atoms with Crippen molar-refractivity contribution in [3.05, 3.63) is 76.3 Å². The highest BCUT2D eigenvalue weighted by molar-refractivity contribution is 6.42. The largest absolute Gasteiger partial charge is 0.497 e. The van der Waals surface area contributed by atoms with Crippen LogP contribution in [0.25, 0.3) is 22.6 Å². The van der Waals surface area contributed by atoms with Gasteiger partial charge in [-0.2, -0.15) is 0 Å². The van der Waals surface area contributed by atoms with E-state index in [4.69, 9.17) is 32.4 Å². The lowest BCUT2D eigenvalue weighted by Crippen LogP contribution is -1.83. The van der Waals surface area contributed by atoms with Gasteiger partial charge in [0.05, 0.1) is 22.8 Å². The van der Waals surface area contributed by atoms with Crippen LogP contribution >= 0.6 is 23.2 Å². The highest BCUT2D eigenvalue weighted by atomic mass is 35.5. The first-order valence-corrected chi connectivity index (χ1v) is 8.92. The molecule has 0 atom stereocenters. The topological polar surface area (TPSA) is 47.6 Å². The van der Waals surface area contributed by atoms with Crippen molar-refractivity contribution in [2.24, 2.45) is 4.99 Å². The van der Waals surface area contributed by atoms with Crippen LogP contribution in [0.1, 0.15) is 5.56 Å². The number of benzene rings is 3. The van der Waals surface area contributed by atoms with Gasteiger partial charge in [-0.15, -0.1) is 0 Å². The molecule has 0 saturated heterocycles. The van der Waals surface area contributed by atoms with Gasteiger partial charge >= 0.3 is 0 Å². The van der Waals surface area contributed by atoms with Gasteiger partial charge in [0.15, 0.2) is 5.58 Å². The number of aliphatic imine (C=N–C) groups is 1. The van der Waals surface area contributed by atoms with Crippen molar-refractivity contribution in [1.82, 2.24) is 4.98 Å². The molecular weight excluding hydrogens is 383 g/mol. The van der Waals surface area contributed by atoms with Gasteiger partial charge in [-0.05, 0) is 54.1 Å². The normalized spacial score (nSPS) is 11.4. The van der Waals surface area contributed by atoms with E-state index in [0.717, 1.165) is 28.1 Å². The van der Waals surface area contributed by atoms with Crippen molar-refractivity contribution in [3.8, 4) is 17.2 Å². The summed E-state index contributed by atoms with van der Waals surface area (Å²) in [6, 6.07) is 18.5. The maximum absolute atomic E-state index is 6.03. The van der Waals surface area contributed by atoms with Crippen LogP contribution < -0.4 is 4.74 Å². The number of oxazole rings is 1. The standard InChI is InChI=1S/C21H14Cl2N2O2/c1-26-16-4-2-3-14(10-16)21-25-19-11-15(6-8-20(19)27-21)24-12-13-5-7-17(22)18(23)9-13/h2-12H,1H3. The number of aromatic nitrogens is 1. The Hall–Kier alpha value is -2.82. The zero-order chi connectivity index (χ0) is 18.8. The van der Waals surface area contributed by atoms with E-state index < -0.39 is 0 Å². The molecule has 3 aromatic carbocycles. The minimum absolute atomic E-state index is 0.496. The number of halogens is 2. The van der Waals surface area contributed by atoms with Gasteiger partial charge in [-0.3, -0.25) is 4.99 Å². The van der Waals surface area contributed by atoms with E-state index in [1.165, 1.54) is 0 Å². The predicted octanol–water partition coefficient (Wildman–Crippen LogP) is 6.56. The van der Waals surface area contributed by atoms with E-state index in [1.807, 2.05) is 48.5 Å². The van der Waals surface area contributed by atoms with E-state index in [-0.39, 0.29) is 0 Å². The number of hydrogen-bond donors (Lipinski definition) is 0. The van der Waals surface area contributed by atoms with Crippen LogP contribution in [-0.2, 0) is 0 Å². The Labute approximate surface area is 166 Å². The van der Waals surface area contributed by atoms with Crippen LogP contribution in [0.4, 0.5) is 5.69 Å². The SMILES string of the molecule is COc1cccc(-c2nc3cc(N=Cc4ccc(Cl)c(Cl)c4)ccc3o2)c1. The highest BCUT2D eigenvalue weighted by Crippen LogP contribution is 2.29. The number of fused-ring (bicyclic) bond motifs is 1. The van der Waals surface area contributed by atoms with Crippen LogP contribution in [0.5, 0.6) is 5.75 Å². The average molecular weight is 397 g/mol. The molecule has 0 saturated carbocycles. The van der Waals surface area contributed by atoms with Gasteiger partial charge in [0.2, 0.25) is 5.89 Å². The molecule has 0 aliphatic carbocycles. The Bertz CT molecular complexity index is 1150. The van der Waals surface area contributed by atoms with Gasteiger partial charge in [0.1, 0.15) is 11.3 Å². The number of methoxy groups -OCH3 is 1. The molecule has 0 unspecified atom stereocenters. The fraction of sp³-hybridized carbons (Fsp3) is 0.0476. The van der Waals surface area contributed by atoms with Crippen LogP contribution in [0, 0.1) is 0 Å². The molecule has 0 aliphatic rings. The molecule has 1 heterocycles. The zero-order valence-corrected chi connectivity index (χ0v) is 15.8. The lowest BCUT2D eigenvalue weighted by molar-refractivity contribution is 0.415. The number of hydrogen-bond acceptors (Lipinski definition) is 4. The summed E-state index contributed by atoms with van der Waals surface area (Å²) in [6.45, 7) is 0. The Balaban J connectivity index is 1.64. The number of ether oxygens (including phenoxy) is 1. The summed E-state index contributed by atoms with van der Waals surface area (Å²) >= 11 is 12.0. The van der Waals surface area contributed by atoms with Gasteiger partial charge in [0, 0.05) is 11.8 Å². The lowest BCUT2D eigenvalue weighted by Gasteiger charge is -2.00. The van der Waals surface area contributed by atoms with Gasteiger partial charge in [-0.1, -0.05) is 35.3 Å². The molecular formula is C21H14Cl2N2O2. The van der Waals surface area contributed by atoms with Crippen LogP contribution in [0.3, 0.4) is 0 Å². The summed E-state index contributed by atoms with van der Waals surface area (Å²) in [4.78, 5) is 9.04. The van der Waals surface area contributed by atoms with Crippen molar-refractivity contribution in [2.75, 3.05) is 7.11 Å². The van der Waals surface area contributed by atoms with Gasteiger partial charge < -0.3 is 9.15 Å². The molecule has 0 aliphatic heterocycles. The summed E-state index contributed by atoms with van der Waals surface area (Å²) < 4.78 is 11.1. The van der Waals surface area contributed by atoms with E-state index in [2.05, 4.69) is 9.98 Å². The average Bonchev–Trinajstić information content (AvgIpc) is 3.12. The third kappa shape index (κ3) is 3.82. The quantitative estimate of drug-likeness (QED) is 0.367. The maximum Gasteiger partial charge on any atom is 0.227 e. The highest BCUT2D eigenvalue weighted by Gasteiger charge is 2.09. The van der Waals surface area contributed by atoms with Crippen molar-refractivity contribution >= 4 is 46.2 Å². The predicted molar refractivity (Wildman–Crippen MR) is 110 cm³/mol. The van der Waals surface area contributed by atoms with E-state index in [9.17, 15) is 0 Å². The lowest BCUT2D eigenvalue weighted by atomic mass is 10.2. The van der Waals surface area contributed by atoms with Crippen LogP contribution in [-0.4, -0.2) is 18.3 Å². The monoisotopic (exact) mass is 396 g/mol. The molecule has 0 bridgehead atoms. The summed E-state index contributed by atoms with van der Waals surface area (Å²) in [6.07, 6.45) is 1.73. The van der Waals surface area contributed by atoms with E-state index in [0.29, 0.717) is 21.5 Å². The summed E-state index contributed by atoms with van der Waals surface area (Å²) in [5.41, 5.74) is 3.91. The first-order chi connectivity index (χ1) is 13.1. The maximum atomic E-state index is 6.03. The van der Waals surface area contributed by atoms with Crippen LogP contribution in [0.2, 0.25) is 10.0 Å². The number of rotatable bonds is 4. The van der Waals surface area contributed by atoms with Crippen molar-refractivity contribution < 1.29 is 9.15 Å².